The van der Waals surface area contributed by atoms with Gasteiger partial charge in [-0.25, -0.2) is 4.68 Å². The fraction of sp³-hybridized carbons (Fsp3) is 0.280. The number of H-pyrrole nitrogens is 1. The molecule has 1 unspecified atom stereocenters. The van der Waals surface area contributed by atoms with Crippen molar-refractivity contribution < 1.29 is 4.79 Å². The van der Waals surface area contributed by atoms with E-state index in [1.165, 1.54) is 0 Å². The van der Waals surface area contributed by atoms with Crippen molar-refractivity contribution in [1.29, 1.82) is 0 Å². The molecule has 0 fully saturated rings. The molecule has 0 saturated heterocycles. The van der Waals surface area contributed by atoms with Crippen LogP contribution in [0.4, 0.5) is 0 Å². The van der Waals surface area contributed by atoms with Gasteiger partial charge in [-0.3, -0.25) is 4.79 Å². The maximum Gasteiger partial charge on any atom is 0.227 e. The summed E-state index contributed by atoms with van der Waals surface area (Å²) in [6, 6.07) is 17.6. The summed E-state index contributed by atoms with van der Waals surface area (Å²) in [5.74, 6) is -0.297. The third-order valence-corrected chi connectivity index (χ3v) is 5.77. The predicted molar refractivity (Wildman–Crippen MR) is 126 cm³/mol. The fourth-order valence-electron chi connectivity index (χ4n) is 3.70. The monoisotopic (exact) mass is 434 g/mol. The Bertz CT molecular complexity index is 1230. The van der Waals surface area contributed by atoms with Gasteiger partial charge in [-0.05, 0) is 48.9 Å². The van der Waals surface area contributed by atoms with Gasteiger partial charge in [0.25, 0.3) is 0 Å². The van der Waals surface area contributed by atoms with Gasteiger partial charge < -0.3 is 10.3 Å². The van der Waals surface area contributed by atoms with Crippen LogP contribution < -0.4 is 5.32 Å². The molecule has 0 bridgehead atoms. The van der Waals surface area contributed by atoms with E-state index in [0.717, 1.165) is 33.5 Å². The van der Waals surface area contributed by atoms with Gasteiger partial charge in [0.15, 0.2) is 0 Å². The Labute approximate surface area is 187 Å². The number of aromatic amines is 1. The fourth-order valence-corrected chi connectivity index (χ4v) is 3.89. The Morgan fingerprint density at radius 1 is 1.16 bits per heavy atom. The molecule has 160 valence electrons. The number of halogens is 1. The average Bonchev–Trinajstić information content (AvgIpc) is 3.38. The number of fused-ring (bicyclic) bond motifs is 1. The van der Waals surface area contributed by atoms with Crippen molar-refractivity contribution in [1.82, 2.24) is 20.1 Å². The van der Waals surface area contributed by atoms with E-state index < -0.39 is 0 Å². The molecule has 5 nitrogen and oxygen atoms in total. The molecular weight excluding hydrogens is 408 g/mol. The largest absolute Gasteiger partial charge is 0.361 e. The minimum absolute atomic E-state index is 0.0233. The lowest BCUT2D eigenvalue weighted by Gasteiger charge is -2.14. The highest BCUT2D eigenvalue weighted by Crippen LogP contribution is 2.27. The molecule has 1 amide bonds. The van der Waals surface area contributed by atoms with E-state index in [0.29, 0.717) is 11.6 Å². The third-order valence-electron chi connectivity index (χ3n) is 5.54. The van der Waals surface area contributed by atoms with Gasteiger partial charge in [-0.1, -0.05) is 50.6 Å². The Balaban J connectivity index is 1.59. The summed E-state index contributed by atoms with van der Waals surface area (Å²) in [7, 11) is 0. The number of aromatic nitrogens is 3. The molecule has 0 aliphatic rings. The first kappa shape index (κ1) is 21.2. The van der Waals surface area contributed by atoms with Crippen molar-refractivity contribution in [3.05, 3.63) is 82.8 Å². The summed E-state index contributed by atoms with van der Waals surface area (Å²) in [6.45, 7) is 8.69. The second kappa shape index (κ2) is 8.23. The molecule has 2 heterocycles. The van der Waals surface area contributed by atoms with Crippen molar-refractivity contribution in [2.75, 3.05) is 0 Å². The van der Waals surface area contributed by atoms with Gasteiger partial charge in [0.1, 0.15) is 0 Å². The molecule has 2 N–H and O–H groups in total. The first-order chi connectivity index (χ1) is 14.7. The average molecular weight is 435 g/mol. The highest BCUT2D eigenvalue weighted by molar-refractivity contribution is 6.30. The van der Waals surface area contributed by atoms with Crippen LogP contribution in [0.25, 0.3) is 16.6 Å². The zero-order chi connectivity index (χ0) is 22.2. The molecule has 6 heteroatoms. The summed E-state index contributed by atoms with van der Waals surface area (Å²) in [6.07, 6.45) is 1.90. The summed E-state index contributed by atoms with van der Waals surface area (Å²) in [5, 5.41) is 9.63. The van der Waals surface area contributed by atoms with Gasteiger partial charge in [0.2, 0.25) is 5.91 Å². The molecule has 2 aromatic heterocycles. The number of nitrogens with one attached hydrogen (secondary N) is 2. The maximum absolute atomic E-state index is 13.0. The van der Waals surface area contributed by atoms with E-state index in [1.807, 2.05) is 66.3 Å². The Morgan fingerprint density at radius 3 is 2.68 bits per heavy atom. The van der Waals surface area contributed by atoms with Gasteiger partial charge in [-0.15, -0.1) is 0 Å². The van der Waals surface area contributed by atoms with E-state index in [2.05, 4.69) is 37.1 Å². The number of carbonyl (C=O) groups is 1. The van der Waals surface area contributed by atoms with Gasteiger partial charge >= 0.3 is 0 Å². The van der Waals surface area contributed by atoms with Crippen molar-refractivity contribution in [2.45, 2.75) is 45.6 Å². The van der Waals surface area contributed by atoms with Crippen molar-refractivity contribution in [3.63, 3.8) is 0 Å². The van der Waals surface area contributed by atoms with Crippen LogP contribution in [0.2, 0.25) is 5.02 Å². The highest BCUT2D eigenvalue weighted by Gasteiger charge is 2.22. The molecule has 0 saturated carbocycles. The minimum Gasteiger partial charge on any atom is -0.361 e. The lowest BCUT2D eigenvalue weighted by molar-refractivity contribution is -0.122. The van der Waals surface area contributed by atoms with Gasteiger partial charge in [0, 0.05) is 27.5 Å². The highest BCUT2D eigenvalue weighted by atomic mass is 35.5. The molecule has 2 aromatic carbocycles. The maximum atomic E-state index is 13.0. The summed E-state index contributed by atoms with van der Waals surface area (Å²) < 4.78 is 1.87. The number of rotatable bonds is 5. The predicted octanol–water partition coefficient (Wildman–Crippen LogP) is 5.72. The number of carbonyl (C=O) groups excluding carboxylic acids is 1. The summed E-state index contributed by atoms with van der Waals surface area (Å²) in [5.41, 5.74) is 4.67. The number of hydrogen-bond acceptors (Lipinski definition) is 2. The van der Waals surface area contributed by atoms with Crippen LogP contribution in [-0.4, -0.2) is 20.7 Å². The second-order valence-electron chi connectivity index (χ2n) is 8.89. The topological polar surface area (TPSA) is 62.7 Å². The van der Waals surface area contributed by atoms with Crippen LogP contribution in [0.1, 0.15) is 50.6 Å². The first-order valence-electron chi connectivity index (χ1n) is 10.4. The van der Waals surface area contributed by atoms with Crippen LogP contribution in [0.15, 0.2) is 60.8 Å². The zero-order valence-electron chi connectivity index (χ0n) is 18.2. The van der Waals surface area contributed by atoms with E-state index in [9.17, 15) is 4.79 Å². The number of hydrogen-bond donors (Lipinski definition) is 2. The molecular formula is C25H27ClN4O. The van der Waals surface area contributed by atoms with Crippen molar-refractivity contribution in [3.8, 4) is 5.69 Å². The lowest BCUT2D eigenvalue weighted by atomic mass is 9.92. The van der Waals surface area contributed by atoms with Gasteiger partial charge in [-0.2, -0.15) is 5.10 Å². The van der Waals surface area contributed by atoms with Crippen molar-refractivity contribution in [2.24, 2.45) is 0 Å². The smallest absolute Gasteiger partial charge is 0.227 e. The molecule has 31 heavy (non-hydrogen) atoms. The molecule has 0 spiro atoms. The standard InChI is InChI=1S/C25H27ClN4O/c1-16(20-9-6-10-22-21(20)11-12-27-22)24(31)28-15-19-14-23(25(2,3)4)29-30(19)18-8-5-7-17(26)13-18/h5-14,16,27H,15H2,1-4H3,(H,28,31). The van der Waals surface area contributed by atoms with Crippen LogP contribution in [0.3, 0.4) is 0 Å². The lowest BCUT2D eigenvalue weighted by Crippen LogP contribution is -2.28. The molecule has 0 radical (unpaired) electrons. The summed E-state index contributed by atoms with van der Waals surface area (Å²) >= 11 is 6.21. The minimum atomic E-state index is -0.274. The Hall–Kier alpha value is -3.05. The zero-order valence-corrected chi connectivity index (χ0v) is 19.0. The van der Waals surface area contributed by atoms with Crippen LogP contribution in [0, 0.1) is 0 Å². The molecule has 4 rings (SSSR count). The Kier molecular flexibility index (Phi) is 5.63. The molecule has 4 aromatic rings. The number of benzene rings is 2. The summed E-state index contributed by atoms with van der Waals surface area (Å²) in [4.78, 5) is 16.2. The Morgan fingerprint density at radius 2 is 1.94 bits per heavy atom. The number of amides is 1. The molecule has 0 aliphatic carbocycles. The van der Waals surface area contributed by atoms with E-state index in [-0.39, 0.29) is 17.2 Å². The van der Waals surface area contributed by atoms with Crippen LogP contribution in [-0.2, 0) is 16.8 Å². The normalized spacial score (nSPS) is 12.8. The van der Waals surface area contributed by atoms with E-state index in [1.54, 1.807) is 0 Å². The molecule has 1 atom stereocenters. The van der Waals surface area contributed by atoms with E-state index >= 15 is 0 Å². The third kappa shape index (κ3) is 4.37. The van der Waals surface area contributed by atoms with Crippen molar-refractivity contribution >= 4 is 28.4 Å². The SMILES string of the molecule is CC(C(=O)NCc1cc(C(C)(C)C)nn1-c1cccc(Cl)c1)c1cccc2[nH]ccc12. The molecule has 0 aliphatic heterocycles. The first-order valence-corrected chi connectivity index (χ1v) is 10.8. The second-order valence-corrected chi connectivity index (χ2v) is 9.32. The van der Waals surface area contributed by atoms with E-state index in [4.69, 9.17) is 16.7 Å². The van der Waals surface area contributed by atoms with Crippen LogP contribution in [0.5, 0.6) is 0 Å². The quantitative estimate of drug-likeness (QED) is 0.421. The number of nitrogens with zero attached hydrogens (tertiary/aromatic N) is 2. The van der Waals surface area contributed by atoms with Gasteiger partial charge in [0.05, 0.1) is 29.5 Å². The van der Waals surface area contributed by atoms with Crippen LogP contribution >= 0.6 is 11.6 Å².